The van der Waals surface area contributed by atoms with Gasteiger partial charge in [-0.3, -0.25) is 9.80 Å². The fourth-order valence-electron chi connectivity index (χ4n) is 3.68. The Morgan fingerprint density at radius 1 is 1.15 bits per heavy atom. The van der Waals surface area contributed by atoms with Crippen LogP contribution < -0.4 is 0 Å². The van der Waals surface area contributed by atoms with Gasteiger partial charge in [0.15, 0.2) is 0 Å². The van der Waals surface area contributed by atoms with Crippen LogP contribution in [0.2, 0.25) is 0 Å². The van der Waals surface area contributed by atoms with Crippen molar-refractivity contribution in [2.45, 2.75) is 37.8 Å². The van der Waals surface area contributed by atoms with Gasteiger partial charge in [0, 0.05) is 19.1 Å². The van der Waals surface area contributed by atoms with E-state index >= 15 is 0 Å². The number of β-amino-alcohol motifs (C(OH)–C–C–N with tert-alkyl or cyclic N) is 1. The van der Waals surface area contributed by atoms with E-state index in [4.69, 9.17) is 0 Å². The lowest BCUT2D eigenvalue weighted by molar-refractivity contribution is 0.0209. The molecule has 3 nitrogen and oxygen atoms in total. The Kier molecular flexibility index (Phi) is 4.11. The highest BCUT2D eigenvalue weighted by molar-refractivity contribution is 5.21. The second-order valence-corrected chi connectivity index (χ2v) is 6.56. The van der Waals surface area contributed by atoms with Crippen molar-refractivity contribution in [1.29, 1.82) is 0 Å². The molecule has 110 valence electrons. The average molecular weight is 274 g/mol. The van der Waals surface area contributed by atoms with Crippen LogP contribution in [0.5, 0.6) is 0 Å². The molecule has 0 bridgehead atoms. The predicted octanol–water partition coefficient (Wildman–Crippen LogP) is 2.06. The first-order valence-electron chi connectivity index (χ1n) is 7.89. The van der Waals surface area contributed by atoms with Crippen molar-refractivity contribution in [3.05, 3.63) is 35.9 Å². The number of hydrogen-bond donors (Lipinski definition) is 1. The third-order valence-corrected chi connectivity index (χ3v) is 4.83. The van der Waals surface area contributed by atoms with E-state index in [9.17, 15) is 5.11 Å². The Hall–Kier alpha value is -0.900. The smallest absolute Gasteiger partial charge is 0.0994 e. The fourth-order valence-corrected chi connectivity index (χ4v) is 3.68. The highest BCUT2D eigenvalue weighted by Crippen LogP contribution is 2.26. The summed E-state index contributed by atoms with van der Waals surface area (Å²) in [7, 11) is 0. The normalized spacial score (nSPS) is 27.8. The van der Waals surface area contributed by atoms with Crippen molar-refractivity contribution in [1.82, 2.24) is 9.80 Å². The quantitative estimate of drug-likeness (QED) is 0.910. The summed E-state index contributed by atoms with van der Waals surface area (Å²) in [5, 5.41) is 10.7. The van der Waals surface area contributed by atoms with Gasteiger partial charge in [0.25, 0.3) is 0 Å². The third-order valence-electron chi connectivity index (χ3n) is 4.83. The van der Waals surface area contributed by atoms with Crippen LogP contribution in [0.4, 0.5) is 0 Å². The fraction of sp³-hybridized carbons (Fsp3) is 0.647. The van der Waals surface area contributed by atoms with Gasteiger partial charge in [-0.2, -0.15) is 0 Å². The molecule has 0 saturated carbocycles. The van der Waals surface area contributed by atoms with Crippen LogP contribution in [0.1, 0.15) is 31.7 Å². The number of likely N-dealkylation sites (tertiary alicyclic amines) is 2. The van der Waals surface area contributed by atoms with E-state index in [-0.39, 0.29) is 0 Å². The zero-order valence-electron chi connectivity index (χ0n) is 12.5. The molecule has 2 atom stereocenters. The monoisotopic (exact) mass is 274 g/mol. The second-order valence-electron chi connectivity index (χ2n) is 6.56. The van der Waals surface area contributed by atoms with E-state index in [2.05, 4.69) is 9.80 Å². The van der Waals surface area contributed by atoms with Crippen molar-refractivity contribution in [2.24, 2.45) is 0 Å². The van der Waals surface area contributed by atoms with Crippen molar-refractivity contribution in [2.75, 3.05) is 32.7 Å². The molecule has 0 radical (unpaired) electrons. The molecule has 2 saturated heterocycles. The topological polar surface area (TPSA) is 26.7 Å². The molecule has 2 heterocycles. The number of rotatable bonds is 4. The molecule has 0 spiro atoms. The Bertz CT molecular complexity index is 426. The van der Waals surface area contributed by atoms with Crippen LogP contribution in [-0.4, -0.2) is 53.7 Å². The minimum atomic E-state index is -0.749. The van der Waals surface area contributed by atoms with E-state index < -0.39 is 5.60 Å². The van der Waals surface area contributed by atoms with Gasteiger partial charge < -0.3 is 5.11 Å². The molecule has 2 aliphatic rings. The van der Waals surface area contributed by atoms with Gasteiger partial charge in [0.1, 0.15) is 0 Å². The van der Waals surface area contributed by atoms with Crippen molar-refractivity contribution >= 4 is 0 Å². The van der Waals surface area contributed by atoms with E-state index in [0.717, 1.165) is 25.2 Å². The van der Waals surface area contributed by atoms with E-state index in [1.165, 1.54) is 32.4 Å². The first-order valence-corrected chi connectivity index (χ1v) is 7.89. The lowest BCUT2D eigenvalue weighted by Gasteiger charge is -2.30. The maximum absolute atomic E-state index is 10.7. The van der Waals surface area contributed by atoms with Gasteiger partial charge in [-0.25, -0.2) is 0 Å². The maximum atomic E-state index is 10.7. The van der Waals surface area contributed by atoms with Gasteiger partial charge in [-0.15, -0.1) is 0 Å². The molecule has 3 rings (SSSR count). The molecule has 0 aromatic heterocycles. The molecule has 0 amide bonds. The Morgan fingerprint density at radius 3 is 2.55 bits per heavy atom. The molecule has 2 fully saturated rings. The molecule has 1 aromatic rings. The zero-order valence-corrected chi connectivity index (χ0v) is 12.5. The second kappa shape index (κ2) is 5.84. The lowest BCUT2D eigenvalue weighted by atomic mass is 9.95. The van der Waals surface area contributed by atoms with Crippen molar-refractivity contribution in [3.8, 4) is 0 Å². The highest BCUT2D eigenvalue weighted by Gasteiger charge is 2.33. The average Bonchev–Trinajstić information content (AvgIpc) is 3.10. The standard InChI is InChI=1S/C17H26N2O/c1-17(20,15-7-3-2-4-8-15)14-18-12-9-16(13-18)19-10-5-6-11-19/h2-4,7-8,16,20H,5-6,9-14H2,1H3. The third kappa shape index (κ3) is 3.05. The first-order chi connectivity index (χ1) is 9.65. The minimum absolute atomic E-state index is 0.712. The molecular weight excluding hydrogens is 248 g/mol. The highest BCUT2D eigenvalue weighted by atomic mass is 16.3. The largest absolute Gasteiger partial charge is 0.384 e. The molecule has 2 aliphatic heterocycles. The van der Waals surface area contributed by atoms with Gasteiger partial charge in [0.2, 0.25) is 0 Å². The zero-order chi connectivity index (χ0) is 14.0. The number of benzene rings is 1. The summed E-state index contributed by atoms with van der Waals surface area (Å²) in [5.41, 5.74) is 0.269. The summed E-state index contributed by atoms with van der Waals surface area (Å²) >= 11 is 0. The van der Waals surface area contributed by atoms with Gasteiger partial charge in [0.05, 0.1) is 5.60 Å². The molecule has 0 aliphatic carbocycles. The Labute approximate surface area is 122 Å². The summed E-state index contributed by atoms with van der Waals surface area (Å²) in [4.78, 5) is 5.06. The number of nitrogens with zero attached hydrogens (tertiary/aromatic N) is 2. The van der Waals surface area contributed by atoms with Crippen molar-refractivity contribution in [3.63, 3.8) is 0 Å². The predicted molar refractivity (Wildman–Crippen MR) is 81.7 cm³/mol. The summed E-state index contributed by atoms with van der Waals surface area (Å²) < 4.78 is 0. The Balaban J connectivity index is 1.58. The molecule has 3 heteroatoms. The van der Waals surface area contributed by atoms with Gasteiger partial charge in [-0.05, 0) is 51.4 Å². The van der Waals surface area contributed by atoms with Gasteiger partial charge in [-0.1, -0.05) is 30.3 Å². The Morgan fingerprint density at radius 2 is 1.85 bits per heavy atom. The molecule has 20 heavy (non-hydrogen) atoms. The van der Waals surface area contributed by atoms with Crippen LogP contribution in [0.3, 0.4) is 0 Å². The summed E-state index contributed by atoms with van der Waals surface area (Å²) in [6.07, 6.45) is 3.97. The van der Waals surface area contributed by atoms with Crippen LogP contribution in [-0.2, 0) is 5.60 Å². The summed E-state index contributed by atoms with van der Waals surface area (Å²) in [6, 6.07) is 10.8. The van der Waals surface area contributed by atoms with E-state index in [1.807, 2.05) is 37.3 Å². The molecule has 1 aromatic carbocycles. The SMILES string of the molecule is CC(O)(CN1CCC(N2CCCC2)C1)c1ccccc1. The summed E-state index contributed by atoms with van der Waals surface area (Å²) in [6.45, 7) is 7.45. The van der Waals surface area contributed by atoms with Crippen LogP contribution in [0.15, 0.2) is 30.3 Å². The molecule has 2 unspecified atom stereocenters. The van der Waals surface area contributed by atoms with Crippen molar-refractivity contribution < 1.29 is 5.11 Å². The minimum Gasteiger partial charge on any atom is -0.384 e. The van der Waals surface area contributed by atoms with Crippen LogP contribution in [0.25, 0.3) is 0 Å². The number of hydrogen-bond acceptors (Lipinski definition) is 3. The van der Waals surface area contributed by atoms with Crippen LogP contribution >= 0.6 is 0 Å². The van der Waals surface area contributed by atoms with E-state index in [0.29, 0.717) is 6.04 Å². The summed E-state index contributed by atoms with van der Waals surface area (Å²) in [5.74, 6) is 0. The molecule has 1 N–H and O–H groups in total. The van der Waals surface area contributed by atoms with Gasteiger partial charge >= 0.3 is 0 Å². The molecular formula is C17H26N2O. The maximum Gasteiger partial charge on any atom is 0.0994 e. The first kappa shape index (κ1) is 14.1. The van der Waals surface area contributed by atoms with Crippen LogP contribution in [0, 0.1) is 0 Å². The van der Waals surface area contributed by atoms with E-state index in [1.54, 1.807) is 0 Å². The number of aliphatic hydroxyl groups is 1. The lowest BCUT2D eigenvalue weighted by Crippen LogP contribution is -2.40.